The van der Waals surface area contributed by atoms with Crippen LogP contribution >= 0.6 is 0 Å². The average Bonchev–Trinajstić information content (AvgIpc) is 2.41. The van der Waals surface area contributed by atoms with Crippen molar-refractivity contribution in [3.05, 3.63) is 0 Å². The van der Waals surface area contributed by atoms with Gasteiger partial charge in [0.1, 0.15) is 22.4 Å². The quantitative estimate of drug-likeness (QED) is 0.421. The molecule has 0 aromatic carbocycles. The summed E-state index contributed by atoms with van der Waals surface area (Å²) in [4.78, 5) is 55.4. The van der Waals surface area contributed by atoms with Gasteiger partial charge in [-0.3, -0.25) is 9.59 Å². The molecule has 0 spiro atoms. The van der Waals surface area contributed by atoms with Crippen LogP contribution in [0.4, 0.5) is 0 Å². The molecular formula is C14H22O6. The summed E-state index contributed by atoms with van der Waals surface area (Å²) in [6, 6.07) is 0. The van der Waals surface area contributed by atoms with Gasteiger partial charge in [-0.15, -0.1) is 0 Å². The van der Waals surface area contributed by atoms with E-state index in [9.17, 15) is 19.2 Å². The summed E-state index contributed by atoms with van der Waals surface area (Å²) in [5.41, 5.74) is -2.79. The van der Waals surface area contributed by atoms with Crippen molar-refractivity contribution in [3.8, 4) is 0 Å². The van der Waals surface area contributed by atoms with Gasteiger partial charge in [-0.25, -0.2) is 19.4 Å². The Morgan fingerprint density at radius 3 is 1.15 bits per heavy atom. The summed E-state index contributed by atoms with van der Waals surface area (Å²) in [5.74, 6) is -2.58. The van der Waals surface area contributed by atoms with Crippen LogP contribution in [-0.2, 0) is 29.0 Å². The van der Waals surface area contributed by atoms with Crippen molar-refractivity contribution in [2.75, 3.05) is 0 Å². The lowest BCUT2D eigenvalue weighted by molar-refractivity contribution is -0.270. The van der Waals surface area contributed by atoms with Gasteiger partial charge in [-0.05, 0) is 27.7 Å². The molecule has 0 radical (unpaired) electrons. The van der Waals surface area contributed by atoms with Gasteiger partial charge in [0.05, 0.1) is 0 Å². The van der Waals surface area contributed by atoms with Crippen LogP contribution in [0.15, 0.2) is 0 Å². The Balaban J connectivity index is 4.72. The molecule has 0 N–H and O–H groups in total. The highest BCUT2D eigenvalue weighted by Gasteiger charge is 2.41. The van der Waals surface area contributed by atoms with Crippen LogP contribution in [-0.4, -0.2) is 23.5 Å². The molecule has 114 valence electrons. The zero-order valence-electron chi connectivity index (χ0n) is 12.9. The second-order valence-corrected chi connectivity index (χ2v) is 5.55. The number of hydrogen-bond acceptors (Lipinski definition) is 6. The molecule has 0 unspecified atom stereocenters. The van der Waals surface area contributed by atoms with Gasteiger partial charge in [-0.1, -0.05) is 13.8 Å². The Labute approximate surface area is 118 Å². The molecule has 0 amide bonds. The van der Waals surface area contributed by atoms with E-state index in [2.05, 4.69) is 9.78 Å². The smallest absolute Gasteiger partial charge is 0.298 e. The van der Waals surface area contributed by atoms with E-state index in [0.717, 1.165) is 0 Å². The summed E-state index contributed by atoms with van der Waals surface area (Å²) in [7, 11) is 0. The standard InChI is InChI=1S/C14H22O6/c1-7-9(15)13(3,4)11(17)19-20-12(18)14(5,6)10(16)8-2/h7-8H2,1-6H3. The maximum Gasteiger partial charge on any atom is 0.368 e. The van der Waals surface area contributed by atoms with Crippen molar-refractivity contribution in [1.82, 2.24) is 0 Å². The molecule has 0 rings (SSSR count). The fourth-order valence-electron chi connectivity index (χ4n) is 1.40. The van der Waals surface area contributed by atoms with E-state index >= 15 is 0 Å². The van der Waals surface area contributed by atoms with Gasteiger partial charge in [0.15, 0.2) is 0 Å². The summed E-state index contributed by atoms with van der Waals surface area (Å²) >= 11 is 0. The molecule has 0 aliphatic rings. The Morgan fingerprint density at radius 1 is 0.700 bits per heavy atom. The Morgan fingerprint density at radius 2 is 0.950 bits per heavy atom. The molecule has 0 aromatic rings. The van der Waals surface area contributed by atoms with Crippen molar-refractivity contribution in [2.24, 2.45) is 10.8 Å². The molecule has 6 nitrogen and oxygen atoms in total. The second-order valence-electron chi connectivity index (χ2n) is 5.55. The molecule has 0 saturated carbocycles. The average molecular weight is 286 g/mol. The first-order chi connectivity index (χ1) is 9.01. The molecule has 0 bridgehead atoms. The monoisotopic (exact) mass is 286 g/mol. The van der Waals surface area contributed by atoms with Gasteiger partial charge in [0.2, 0.25) is 0 Å². The van der Waals surface area contributed by atoms with Crippen LogP contribution in [0.1, 0.15) is 54.4 Å². The normalized spacial score (nSPS) is 11.7. The topological polar surface area (TPSA) is 86.7 Å². The largest absolute Gasteiger partial charge is 0.368 e. The molecule has 0 fully saturated rings. The molecule has 0 saturated heterocycles. The molecule has 0 atom stereocenters. The molecule has 0 aromatic heterocycles. The predicted molar refractivity (Wildman–Crippen MR) is 70.3 cm³/mol. The highest BCUT2D eigenvalue weighted by atomic mass is 17.2. The number of Topliss-reactive ketones (excluding diaryl/α,β-unsaturated/α-hetero) is 2. The highest BCUT2D eigenvalue weighted by Crippen LogP contribution is 2.24. The predicted octanol–water partition coefficient (Wildman–Crippen LogP) is 2.00. The molecule has 0 heterocycles. The van der Waals surface area contributed by atoms with E-state index in [4.69, 9.17) is 0 Å². The van der Waals surface area contributed by atoms with Crippen molar-refractivity contribution in [3.63, 3.8) is 0 Å². The second kappa shape index (κ2) is 6.63. The highest BCUT2D eigenvalue weighted by molar-refractivity contribution is 6.04. The SMILES string of the molecule is CCC(=O)C(C)(C)C(=O)OOC(=O)C(C)(C)C(=O)CC. The van der Waals surface area contributed by atoms with Gasteiger partial charge in [0.25, 0.3) is 0 Å². The van der Waals surface area contributed by atoms with Gasteiger partial charge < -0.3 is 0 Å². The number of carbonyl (C=O) groups excluding carboxylic acids is 4. The fraction of sp³-hybridized carbons (Fsp3) is 0.714. The zero-order chi connectivity index (χ0) is 16.1. The summed E-state index contributed by atoms with van der Waals surface area (Å²) < 4.78 is 0. The summed E-state index contributed by atoms with van der Waals surface area (Å²) in [6.07, 6.45) is 0.325. The minimum absolute atomic E-state index is 0.163. The summed E-state index contributed by atoms with van der Waals surface area (Å²) in [6.45, 7) is 8.78. The van der Waals surface area contributed by atoms with E-state index in [1.54, 1.807) is 13.8 Å². The van der Waals surface area contributed by atoms with E-state index in [0.29, 0.717) is 0 Å². The minimum atomic E-state index is -1.39. The van der Waals surface area contributed by atoms with Crippen molar-refractivity contribution < 1.29 is 29.0 Å². The Kier molecular flexibility index (Phi) is 6.06. The molecule has 0 aliphatic heterocycles. The van der Waals surface area contributed by atoms with Gasteiger partial charge >= 0.3 is 11.9 Å². The van der Waals surface area contributed by atoms with E-state index in [-0.39, 0.29) is 24.4 Å². The van der Waals surface area contributed by atoms with Crippen LogP contribution in [0, 0.1) is 10.8 Å². The van der Waals surface area contributed by atoms with E-state index in [1.807, 2.05) is 0 Å². The fourth-order valence-corrected chi connectivity index (χ4v) is 1.40. The first kappa shape index (κ1) is 18.3. The number of rotatable bonds is 6. The first-order valence-corrected chi connectivity index (χ1v) is 6.51. The molecule has 0 aliphatic carbocycles. The Hall–Kier alpha value is -1.72. The third kappa shape index (κ3) is 3.88. The molecular weight excluding hydrogens is 264 g/mol. The van der Waals surface area contributed by atoms with Crippen LogP contribution in [0.3, 0.4) is 0 Å². The number of hydrogen-bond donors (Lipinski definition) is 0. The first-order valence-electron chi connectivity index (χ1n) is 6.51. The maximum atomic E-state index is 11.7. The van der Waals surface area contributed by atoms with E-state index in [1.165, 1.54) is 27.7 Å². The van der Waals surface area contributed by atoms with Gasteiger partial charge in [0, 0.05) is 12.8 Å². The van der Waals surface area contributed by atoms with Crippen LogP contribution < -0.4 is 0 Å². The number of ketones is 2. The summed E-state index contributed by atoms with van der Waals surface area (Å²) in [5, 5.41) is 0. The van der Waals surface area contributed by atoms with Crippen LogP contribution in [0.25, 0.3) is 0 Å². The lowest BCUT2D eigenvalue weighted by atomic mass is 9.87. The Bertz CT molecular complexity index is 379. The number of carbonyl (C=O) groups is 4. The van der Waals surface area contributed by atoms with Gasteiger partial charge in [-0.2, -0.15) is 0 Å². The zero-order valence-corrected chi connectivity index (χ0v) is 12.9. The molecule has 6 heteroatoms. The minimum Gasteiger partial charge on any atom is -0.298 e. The molecule has 20 heavy (non-hydrogen) atoms. The third-order valence-electron chi connectivity index (χ3n) is 3.25. The third-order valence-corrected chi connectivity index (χ3v) is 3.25. The lowest BCUT2D eigenvalue weighted by Gasteiger charge is -2.21. The van der Waals surface area contributed by atoms with Crippen LogP contribution in [0.5, 0.6) is 0 Å². The van der Waals surface area contributed by atoms with Crippen molar-refractivity contribution >= 4 is 23.5 Å². The van der Waals surface area contributed by atoms with E-state index < -0.39 is 22.8 Å². The lowest BCUT2D eigenvalue weighted by Crippen LogP contribution is -2.38. The van der Waals surface area contributed by atoms with Crippen LogP contribution in [0.2, 0.25) is 0 Å². The van der Waals surface area contributed by atoms with Crippen molar-refractivity contribution in [1.29, 1.82) is 0 Å². The maximum absolute atomic E-state index is 11.7. The van der Waals surface area contributed by atoms with Crippen molar-refractivity contribution in [2.45, 2.75) is 54.4 Å².